The average Bonchev–Trinajstić information content (AvgIpc) is 2.45. The number of ketones is 1. The van der Waals surface area contributed by atoms with E-state index in [1.807, 2.05) is 13.8 Å². The summed E-state index contributed by atoms with van der Waals surface area (Å²) in [5.74, 6) is -0.913. The fourth-order valence-electron chi connectivity index (χ4n) is 3.63. The van der Waals surface area contributed by atoms with Gasteiger partial charge in [-0.2, -0.15) is 0 Å². The number of aliphatic imine (C=N–C) groups is 1. The second-order valence-corrected chi connectivity index (χ2v) is 7.90. The van der Waals surface area contributed by atoms with Crippen LogP contribution in [0.1, 0.15) is 46.5 Å². The van der Waals surface area contributed by atoms with Crippen LogP contribution in [0.5, 0.6) is 0 Å². The third-order valence-corrected chi connectivity index (χ3v) is 5.10. The smallest absolute Gasteiger partial charge is 0.262 e. The van der Waals surface area contributed by atoms with Crippen molar-refractivity contribution in [3.8, 4) is 0 Å². The van der Waals surface area contributed by atoms with Gasteiger partial charge in [-0.15, -0.1) is 0 Å². The highest BCUT2D eigenvalue weighted by atomic mass is 16.2. The Bertz CT molecular complexity index is 622. The fraction of sp³-hybridized carbons (Fsp3) is 0.667. The number of nitrogens with zero attached hydrogens (tertiary/aromatic N) is 2. The van der Waals surface area contributed by atoms with Gasteiger partial charge in [-0.05, 0) is 30.6 Å². The first-order valence-corrected chi connectivity index (χ1v) is 8.42. The van der Waals surface area contributed by atoms with Crippen molar-refractivity contribution in [2.75, 3.05) is 13.1 Å². The molecule has 5 nitrogen and oxygen atoms in total. The fourth-order valence-corrected chi connectivity index (χ4v) is 3.63. The molecule has 124 valence electrons. The summed E-state index contributed by atoms with van der Waals surface area (Å²) < 4.78 is 0. The van der Waals surface area contributed by atoms with Crippen molar-refractivity contribution in [1.82, 2.24) is 4.90 Å². The Morgan fingerprint density at radius 3 is 2.52 bits per heavy atom. The number of carbonyl (C=O) groups is 3. The summed E-state index contributed by atoms with van der Waals surface area (Å²) >= 11 is 0. The highest BCUT2D eigenvalue weighted by Gasteiger charge is 2.40. The number of piperidine rings is 1. The van der Waals surface area contributed by atoms with E-state index in [-0.39, 0.29) is 17.1 Å². The van der Waals surface area contributed by atoms with Crippen LogP contribution < -0.4 is 0 Å². The Morgan fingerprint density at radius 1 is 1.22 bits per heavy atom. The number of rotatable bonds is 1. The summed E-state index contributed by atoms with van der Waals surface area (Å²) in [6.07, 6.45) is 4.55. The minimum atomic E-state index is -0.910. The molecule has 1 unspecified atom stereocenters. The molecule has 0 aromatic heterocycles. The molecule has 23 heavy (non-hydrogen) atoms. The molecule has 0 bridgehead atoms. The molecule has 2 amide bonds. The van der Waals surface area contributed by atoms with Crippen LogP contribution in [0.25, 0.3) is 0 Å². The summed E-state index contributed by atoms with van der Waals surface area (Å²) in [5.41, 5.74) is 0.883. The number of Topliss-reactive ketones (excluding diaryl/α,β-unsaturated/α-hetero) is 1. The first kappa shape index (κ1) is 16.1. The third-order valence-electron chi connectivity index (χ3n) is 5.10. The Balaban J connectivity index is 1.81. The van der Waals surface area contributed by atoms with Crippen molar-refractivity contribution in [3.63, 3.8) is 0 Å². The zero-order valence-electron chi connectivity index (χ0n) is 14.1. The van der Waals surface area contributed by atoms with Crippen LogP contribution in [0.2, 0.25) is 0 Å². The van der Waals surface area contributed by atoms with Crippen LogP contribution in [0.15, 0.2) is 16.6 Å². The van der Waals surface area contributed by atoms with Gasteiger partial charge in [-0.25, -0.2) is 4.99 Å². The molecule has 2 heterocycles. The predicted molar refractivity (Wildman–Crippen MR) is 87.0 cm³/mol. The van der Waals surface area contributed by atoms with E-state index < -0.39 is 11.8 Å². The van der Waals surface area contributed by atoms with Gasteiger partial charge in [0.15, 0.2) is 5.78 Å². The van der Waals surface area contributed by atoms with Crippen molar-refractivity contribution in [1.29, 1.82) is 0 Å². The summed E-state index contributed by atoms with van der Waals surface area (Å²) in [4.78, 5) is 43.2. The maximum Gasteiger partial charge on any atom is 0.262 e. The molecule has 3 aliphatic rings. The zero-order valence-corrected chi connectivity index (χ0v) is 14.1. The van der Waals surface area contributed by atoms with Gasteiger partial charge in [-0.1, -0.05) is 26.8 Å². The number of hydrogen-bond donors (Lipinski definition) is 0. The molecule has 1 atom stereocenters. The molecule has 0 N–H and O–H groups in total. The molecular formula is C18H24N2O3. The second kappa shape index (κ2) is 5.69. The molecule has 0 spiro atoms. The van der Waals surface area contributed by atoms with Gasteiger partial charge in [0, 0.05) is 25.1 Å². The number of dihydropyridines is 1. The topological polar surface area (TPSA) is 66.8 Å². The van der Waals surface area contributed by atoms with E-state index in [1.54, 1.807) is 11.0 Å². The third kappa shape index (κ3) is 3.14. The van der Waals surface area contributed by atoms with E-state index in [1.165, 1.54) is 0 Å². The quantitative estimate of drug-likeness (QED) is 0.696. The van der Waals surface area contributed by atoms with Crippen LogP contribution in [-0.4, -0.2) is 41.3 Å². The van der Waals surface area contributed by atoms with Crippen molar-refractivity contribution in [3.05, 3.63) is 11.6 Å². The molecule has 0 aromatic rings. The van der Waals surface area contributed by atoms with E-state index in [0.29, 0.717) is 43.1 Å². The number of fused-ring (bicyclic) bond motifs is 1. The minimum Gasteiger partial charge on any atom is -0.342 e. The summed E-state index contributed by atoms with van der Waals surface area (Å²) in [6, 6.07) is 0. The maximum atomic E-state index is 12.7. The lowest BCUT2D eigenvalue weighted by Gasteiger charge is -2.35. The molecule has 0 radical (unpaired) electrons. The molecule has 5 heteroatoms. The van der Waals surface area contributed by atoms with E-state index in [2.05, 4.69) is 11.9 Å². The number of allylic oxidation sites excluding steroid dienone is 1. The van der Waals surface area contributed by atoms with Gasteiger partial charge in [0.25, 0.3) is 5.91 Å². The van der Waals surface area contributed by atoms with Gasteiger partial charge in [0.2, 0.25) is 5.91 Å². The standard InChI is InChI=1S/C18H24N2O3/c1-11-4-6-20(7-5-11)17(23)13-8-12-14(19-16(13)22)9-18(2,3)10-15(12)21/h8,11,13H,4-7,9-10H2,1-3H3. The normalized spacial score (nSPS) is 28.1. The van der Waals surface area contributed by atoms with Gasteiger partial charge in [0.05, 0.1) is 5.71 Å². The summed E-state index contributed by atoms with van der Waals surface area (Å²) in [5, 5.41) is 0. The monoisotopic (exact) mass is 316 g/mol. The van der Waals surface area contributed by atoms with E-state index in [0.717, 1.165) is 12.8 Å². The highest BCUT2D eigenvalue weighted by Crippen LogP contribution is 2.36. The minimum absolute atomic E-state index is 0.00225. The van der Waals surface area contributed by atoms with Gasteiger partial charge < -0.3 is 4.90 Å². The molecule has 2 fully saturated rings. The number of hydrogen-bond acceptors (Lipinski definition) is 3. The lowest BCUT2D eigenvalue weighted by atomic mass is 9.72. The Kier molecular flexibility index (Phi) is 3.98. The largest absolute Gasteiger partial charge is 0.342 e. The SMILES string of the molecule is CC1CCN(C(=O)C2C=C3C(=O)CC(C)(C)CC3=NC2=O)CC1. The molecule has 1 saturated carbocycles. The Labute approximate surface area is 136 Å². The summed E-state index contributed by atoms with van der Waals surface area (Å²) in [7, 11) is 0. The lowest BCUT2D eigenvalue weighted by Crippen LogP contribution is -2.45. The van der Waals surface area contributed by atoms with Gasteiger partial charge >= 0.3 is 0 Å². The second-order valence-electron chi connectivity index (χ2n) is 7.90. The zero-order chi connectivity index (χ0) is 16.8. The number of likely N-dealkylation sites (tertiary alicyclic amines) is 1. The van der Waals surface area contributed by atoms with Crippen molar-refractivity contribution in [2.45, 2.75) is 46.5 Å². The van der Waals surface area contributed by atoms with Gasteiger partial charge in [-0.3, -0.25) is 14.4 Å². The Morgan fingerprint density at radius 2 is 1.87 bits per heavy atom. The van der Waals surface area contributed by atoms with Crippen LogP contribution in [-0.2, 0) is 14.4 Å². The first-order chi connectivity index (χ1) is 10.8. The Hall–Kier alpha value is -1.78. The maximum absolute atomic E-state index is 12.7. The number of carbonyl (C=O) groups excluding carboxylic acids is 3. The summed E-state index contributed by atoms with van der Waals surface area (Å²) in [6.45, 7) is 7.55. The van der Waals surface area contributed by atoms with Crippen molar-refractivity contribution < 1.29 is 14.4 Å². The molecular weight excluding hydrogens is 292 g/mol. The lowest BCUT2D eigenvalue weighted by molar-refractivity contribution is -0.140. The first-order valence-electron chi connectivity index (χ1n) is 8.42. The van der Waals surface area contributed by atoms with E-state index in [4.69, 9.17) is 0 Å². The van der Waals surface area contributed by atoms with Crippen molar-refractivity contribution >= 4 is 23.3 Å². The highest BCUT2D eigenvalue weighted by molar-refractivity contribution is 6.29. The van der Waals surface area contributed by atoms with Crippen LogP contribution >= 0.6 is 0 Å². The molecule has 0 aromatic carbocycles. The van der Waals surface area contributed by atoms with Crippen molar-refractivity contribution in [2.24, 2.45) is 22.2 Å². The molecule has 2 aliphatic heterocycles. The predicted octanol–water partition coefficient (Wildman–Crippen LogP) is 2.16. The van der Waals surface area contributed by atoms with Crippen LogP contribution in [0.3, 0.4) is 0 Å². The molecule has 1 aliphatic carbocycles. The van der Waals surface area contributed by atoms with E-state index >= 15 is 0 Å². The molecule has 1 saturated heterocycles. The van der Waals surface area contributed by atoms with Crippen LogP contribution in [0, 0.1) is 17.3 Å². The molecule has 3 rings (SSSR count). The average molecular weight is 316 g/mol. The number of amides is 2. The van der Waals surface area contributed by atoms with Gasteiger partial charge in [0.1, 0.15) is 5.92 Å². The van der Waals surface area contributed by atoms with Crippen LogP contribution in [0.4, 0.5) is 0 Å². The van der Waals surface area contributed by atoms with E-state index in [9.17, 15) is 14.4 Å².